The van der Waals surface area contributed by atoms with Crippen LogP contribution in [-0.2, 0) is 0 Å². The van der Waals surface area contributed by atoms with E-state index in [1.54, 1.807) is 6.20 Å². The first-order chi connectivity index (χ1) is 13.3. The van der Waals surface area contributed by atoms with Crippen LogP contribution < -0.4 is 0 Å². The predicted octanol–water partition coefficient (Wildman–Crippen LogP) is 6.97. The zero-order valence-electron chi connectivity index (χ0n) is 15.7. The van der Waals surface area contributed by atoms with Gasteiger partial charge in [-0.3, -0.25) is 4.99 Å². The molecule has 1 nitrogen and oxygen atoms in total. The molecule has 0 amide bonds. The fourth-order valence-electron chi connectivity index (χ4n) is 3.85. The van der Waals surface area contributed by atoms with Crippen molar-refractivity contribution >= 4 is 22.1 Å². The van der Waals surface area contributed by atoms with E-state index >= 15 is 0 Å². The molecule has 132 valence electrons. The third-order valence-corrected chi connectivity index (χ3v) is 5.31. The Bertz CT molecular complexity index is 1080. The van der Waals surface area contributed by atoms with Crippen LogP contribution in [0.5, 0.6) is 0 Å². The van der Waals surface area contributed by atoms with E-state index in [-0.39, 0.29) is 0 Å². The maximum Gasteiger partial charge on any atom is 0.0704 e. The molecule has 0 bridgehead atoms. The van der Waals surface area contributed by atoms with Crippen LogP contribution in [0.1, 0.15) is 25.3 Å². The van der Waals surface area contributed by atoms with Crippen molar-refractivity contribution in [2.45, 2.75) is 19.8 Å². The maximum atomic E-state index is 4.42. The van der Waals surface area contributed by atoms with Crippen LogP contribution in [-0.4, -0.2) is 5.71 Å². The van der Waals surface area contributed by atoms with Gasteiger partial charge < -0.3 is 0 Å². The van der Waals surface area contributed by atoms with Gasteiger partial charge in [-0.25, -0.2) is 0 Å². The first kappa shape index (κ1) is 17.2. The first-order valence-electron chi connectivity index (χ1n) is 9.41. The highest BCUT2D eigenvalue weighted by Crippen LogP contribution is 2.34. The summed E-state index contributed by atoms with van der Waals surface area (Å²) in [5.74, 6) is 0. The van der Waals surface area contributed by atoms with Gasteiger partial charge in [-0.15, -0.1) is 0 Å². The molecule has 0 aromatic heterocycles. The van der Waals surface area contributed by atoms with Gasteiger partial charge in [0.25, 0.3) is 0 Å². The van der Waals surface area contributed by atoms with Gasteiger partial charge in [-0.2, -0.15) is 0 Å². The minimum Gasteiger partial charge on any atom is -0.257 e. The van der Waals surface area contributed by atoms with Gasteiger partial charge >= 0.3 is 0 Å². The topological polar surface area (TPSA) is 12.4 Å². The van der Waals surface area contributed by atoms with Gasteiger partial charge in [0.05, 0.1) is 5.71 Å². The average Bonchev–Trinajstić information content (AvgIpc) is 2.74. The van der Waals surface area contributed by atoms with Crippen LogP contribution in [0.25, 0.3) is 16.3 Å². The molecule has 0 unspecified atom stereocenters. The molecule has 0 heterocycles. The highest BCUT2D eigenvalue weighted by molar-refractivity contribution is 6.12. The number of nitrogens with zero attached hydrogens (tertiary/aromatic N) is 1. The van der Waals surface area contributed by atoms with Crippen molar-refractivity contribution in [2.75, 3.05) is 0 Å². The molecule has 0 N–H and O–H groups in total. The molecule has 0 atom stereocenters. The Hall–Kier alpha value is -3.19. The normalized spacial score (nSPS) is 19.8. The Morgan fingerprint density at radius 3 is 2.59 bits per heavy atom. The van der Waals surface area contributed by atoms with Crippen molar-refractivity contribution in [1.29, 1.82) is 0 Å². The zero-order chi connectivity index (χ0) is 18.6. The van der Waals surface area contributed by atoms with Crippen molar-refractivity contribution in [3.05, 3.63) is 114 Å². The number of fused-ring (bicyclic) bond motifs is 1. The fourth-order valence-corrected chi connectivity index (χ4v) is 3.85. The van der Waals surface area contributed by atoms with Crippen molar-refractivity contribution in [3.63, 3.8) is 0 Å². The van der Waals surface area contributed by atoms with E-state index in [4.69, 9.17) is 0 Å². The van der Waals surface area contributed by atoms with E-state index in [0.29, 0.717) is 0 Å². The average molecular weight is 349 g/mol. The lowest BCUT2D eigenvalue weighted by Crippen LogP contribution is -2.05. The molecular weight excluding hydrogens is 326 g/mol. The summed E-state index contributed by atoms with van der Waals surface area (Å²) in [5, 5.41) is 2.63. The molecule has 0 fully saturated rings. The molecule has 0 radical (unpaired) electrons. The van der Waals surface area contributed by atoms with E-state index in [1.165, 1.54) is 38.6 Å². The van der Waals surface area contributed by atoms with Gasteiger partial charge in [0.1, 0.15) is 0 Å². The summed E-state index contributed by atoms with van der Waals surface area (Å²) in [6, 6.07) is 15.2. The molecule has 2 aliphatic carbocycles. The molecule has 0 saturated heterocycles. The van der Waals surface area contributed by atoms with E-state index in [0.717, 1.165) is 18.6 Å². The number of hydrogen-bond donors (Lipinski definition) is 0. The molecule has 0 aliphatic heterocycles. The van der Waals surface area contributed by atoms with Crippen molar-refractivity contribution < 1.29 is 0 Å². The summed E-state index contributed by atoms with van der Waals surface area (Å²) >= 11 is 0. The highest BCUT2D eigenvalue weighted by atomic mass is 14.7. The standard InChI is InChI=1S/C26H23N/c1-3-27-26-14-7-6-11-23(26)19(2)20-15-17-22(18-16-20)25-13-8-10-21-9-4-5-12-24(21)25/h3-15,17H,1,16,18H2,2H3/b23-19+,27-26?. The lowest BCUT2D eigenvalue weighted by Gasteiger charge is -2.19. The van der Waals surface area contributed by atoms with Crippen LogP contribution in [0, 0.1) is 0 Å². The molecule has 2 aliphatic rings. The van der Waals surface area contributed by atoms with Gasteiger partial charge in [0.2, 0.25) is 0 Å². The van der Waals surface area contributed by atoms with Gasteiger partial charge in [0, 0.05) is 11.8 Å². The fraction of sp³-hybridized carbons (Fsp3) is 0.115. The molecule has 0 saturated carbocycles. The monoisotopic (exact) mass is 349 g/mol. The second-order valence-corrected chi connectivity index (χ2v) is 6.86. The van der Waals surface area contributed by atoms with E-state index in [9.17, 15) is 0 Å². The smallest absolute Gasteiger partial charge is 0.0704 e. The summed E-state index contributed by atoms with van der Waals surface area (Å²) in [6.07, 6.45) is 16.6. The number of aliphatic imine (C=N–C) groups is 1. The lowest BCUT2D eigenvalue weighted by atomic mass is 9.86. The van der Waals surface area contributed by atoms with Gasteiger partial charge in [-0.05, 0) is 58.9 Å². The van der Waals surface area contributed by atoms with Crippen LogP contribution in [0.2, 0.25) is 0 Å². The zero-order valence-corrected chi connectivity index (χ0v) is 15.7. The number of allylic oxidation sites excluding steroid dienone is 10. The van der Waals surface area contributed by atoms with Crippen LogP contribution in [0.4, 0.5) is 0 Å². The van der Waals surface area contributed by atoms with E-state index in [1.807, 2.05) is 12.2 Å². The molecule has 0 spiro atoms. The van der Waals surface area contributed by atoms with Crippen molar-refractivity contribution in [2.24, 2.45) is 4.99 Å². The summed E-state index contributed by atoms with van der Waals surface area (Å²) < 4.78 is 0. The van der Waals surface area contributed by atoms with E-state index < -0.39 is 0 Å². The lowest BCUT2D eigenvalue weighted by molar-refractivity contribution is 0.982. The third-order valence-electron chi connectivity index (χ3n) is 5.31. The highest BCUT2D eigenvalue weighted by Gasteiger charge is 2.15. The van der Waals surface area contributed by atoms with Gasteiger partial charge in [0.15, 0.2) is 0 Å². The molecule has 4 rings (SSSR count). The first-order valence-corrected chi connectivity index (χ1v) is 9.41. The Kier molecular flexibility index (Phi) is 4.84. The second-order valence-electron chi connectivity index (χ2n) is 6.86. The summed E-state index contributed by atoms with van der Waals surface area (Å²) in [4.78, 5) is 4.42. The summed E-state index contributed by atoms with van der Waals surface area (Å²) in [5.41, 5.74) is 7.60. The predicted molar refractivity (Wildman–Crippen MR) is 118 cm³/mol. The molecular formula is C26H23N. The largest absolute Gasteiger partial charge is 0.257 e. The second kappa shape index (κ2) is 7.59. The SMILES string of the molecule is C=CN=C1C=CC=C/C1=C(/C)C1=CC=C(c2cccc3ccccc23)CC1. The van der Waals surface area contributed by atoms with E-state index in [2.05, 4.69) is 85.3 Å². The van der Waals surface area contributed by atoms with Crippen LogP contribution >= 0.6 is 0 Å². The number of hydrogen-bond acceptors (Lipinski definition) is 1. The molecule has 1 heteroatoms. The molecule has 2 aromatic carbocycles. The molecule has 2 aromatic rings. The Balaban J connectivity index is 1.72. The van der Waals surface area contributed by atoms with Crippen molar-refractivity contribution in [1.82, 2.24) is 0 Å². The Morgan fingerprint density at radius 2 is 1.78 bits per heavy atom. The molecule has 27 heavy (non-hydrogen) atoms. The van der Waals surface area contributed by atoms with Crippen LogP contribution in [0.15, 0.2) is 113 Å². The summed E-state index contributed by atoms with van der Waals surface area (Å²) in [7, 11) is 0. The third kappa shape index (κ3) is 3.41. The minimum absolute atomic E-state index is 0.981. The Labute approximate surface area is 161 Å². The minimum atomic E-state index is 0.981. The maximum absolute atomic E-state index is 4.42. The number of benzene rings is 2. The van der Waals surface area contributed by atoms with Crippen molar-refractivity contribution in [3.8, 4) is 0 Å². The van der Waals surface area contributed by atoms with Crippen LogP contribution in [0.3, 0.4) is 0 Å². The van der Waals surface area contributed by atoms with Gasteiger partial charge in [-0.1, -0.05) is 79.4 Å². The Morgan fingerprint density at radius 1 is 0.963 bits per heavy atom. The number of rotatable bonds is 3. The quantitative estimate of drug-likeness (QED) is 0.567. The summed E-state index contributed by atoms with van der Waals surface area (Å²) in [6.45, 7) is 5.93.